The van der Waals surface area contributed by atoms with Gasteiger partial charge in [0.05, 0.1) is 18.6 Å². The average Bonchev–Trinajstić information content (AvgIpc) is 2.73. The van der Waals surface area contributed by atoms with Crippen molar-refractivity contribution >= 4 is 21.6 Å². The van der Waals surface area contributed by atoms with Crippen molar-refractivity contribution < 1.29 is 17.9 Å². The quantitative estimate of drug-likeness (QED) is 0.507. The molecule has 0 spiro atoms. The third-order valence-electron chi connectivity index (χ3n) is 5.45. The van der Waals surface area contributed by atoms with Gasteiger partial charge < -0.3 is 15.0 Å². The maximum absolute atomic E-state index is 12.4. The molecule has 0 bridgehead atoms. The number of hydrogen-bond acceptors (Lipinski definition) is 5. The molecule has 1 unspecified atom stereocenters. The van der Waals surface area contributed by atoms with E-state index in [9.17, 15) is 13.2 Å². The number of piperidine rings is 1. The lowest BCUT2D eigenvalue weighted by molar-refractivity contribution is -0.119. The van der Waals surface area contributed by atoms with Crippen molar-refractivity contribution in [3.8, 4) is 5.75 Å². The molecule has 2 rings (SSSR count). The molecule has 0 radical (unpaired) electrons. The van der Waals surface area contributed by atoms with E-state index in [1.54, 1.807) is 24.3 Å². The molecule has 1 aliphatic rings. The Morgan fingerprint density at radius 3 is 2.60 bits per heavy atom. The number of hydrogen-bond donors (Lipinski definition) is 1. The second kappa shape index (κ2) is 12.2. The lowest BCUT2D eigenvalue weighted by Gasteiger charge is -2.35. The summed E-state index contributed by atoms with van der Waals surface area (Å²) in [5, 5.41) is 2.87. The van der Waals surface area contributed by atoms with Crippen LogP contribution in [-0.2, 0) is 14.8 Å². The van der Waals surface area contributed by atoms with Crippen LogP contribution in [0.25, 0.3) is 0 Å². The highest BCUT2D eigenvalue weighted by atomic mass is 32.2. The predicted molar refractivity (Wildman–Crippen MR) is 122 cm³/mol. The molecule has 1 fully saturated rings. The molecule has 7 nitrogen and oxygen atoms in total. The SMILES string of the molecule is CCCOc1ccc(N(CC(=O)NCCCN2CCCCC2CC)S(C)(=O)=O)cc1. The average molecular weight is 440 g/mol. The second-order valence-electron chi connectivity index (χ2n) is 7.91. The molecule has 1 aromatic carbocycles. The minimum absolute atomic E-state index is 0.227. The first-order valence-electron chi connectivity index (χ1n) is 11.1. The van der Waals surface area contributed by atoms with Crippen LogP contribution in [0.4, 0.5) is 5.69 Å². The number of sulfonamides is 1. The summed E-state index contributed by atoms with van der Waals surface area (Å²) in [6.45, 7) is 7.27. The molecular formula is C22H37N3O4S. The van der Waals surface area contributed by atoms with E-state index in [0.29, 0.717) is 30.6 Å². The highest BCUT2D eigenvalue weighted by molar-refractivity contribution is 7.92. The number of carbonyl (C=O) groups is 1. The van der Waals surface area contributed by atoms with Gasteiger partial charge in [0.25, 0.3) is 0 Å². The fraction of sp³-hybridized carbons (Fsp3) is 0.682. The molecule has 8 heteroatoms. The fourth-order valence-corrected chi connectivity index (χ4v) is 4.70. The molecule has 1 aromatic rings. The lowest BCUT2D eigenvalue weighted by atomic mass is 10.00. The van der Waals surface area contributed by atoms with Crippen molar-refractivity contribution in [1.82, 2.24) is 10.2 Å². The Balaban J connectivity index is 1.85. The summed E-state index contributed by atoms with van der Waals surface area (Å²) in [5.74, 6) is 0.388. The molecule has 170 valence electrons. The van der Waals surface area contributed by atoms with Crippen molar-refractivity contribution in [2.45, 2.75) is 58.4 Å². The zero-order chi connectivity index (χ0) is 22.0. The lowest BCUT2D eigenvalue weighted by Crippen LogP contribution is -2.42. The summed E-state index contributed by atoms with van der Waals surface area (Å²) in [7, 11) is -3.58. The Morgan fingerprint density at radius 1 is 1.23 bits per heavy atom. The smallest absolute Gasteiger partial charge is 0.240 e. The topological polar surface area (TPSA) is 79.0 Å². The van der Waals surface area contributed by atoms with Gasteiger partial charge in [0.2, 0.25) is 15.9 Å². The molecule has 1 amide bonds. The highest BCUT2D eigenvalue weighted by Crippen LogP contribution is 2.22. The van der Waals surface area contributed by atoms with Crippen LogP contribution in [0.3, 0.4) is 0 Å². The van der Waals surface area contributed by atoms with Gasteiger partial charge in [-0.15, -0.1) is 0 Å². The van der Waals surface area contributed by atoms with Crippen molar-refractivity contribution in [3.63, 3.8) is 0 Å². The Kier molecular flexibility index (Phi) is 9.91. The van der Waals surface area contributed by atoms with Crippen LogP contribution < -0.4 is 14.4 Å². The monoisotopic (exact) mass is 439 g/mol. The van der Waals surface area contributed by atoms with Crippen LogP contribution in [0.1, 0.15) is 52.4 Å². The van der Waals surface area contributed by atoms with Gasteiger partial charge in [-0.2, -0.15) is 0 Å². The van der Waals surface area contributed by atoms with Gasteiger partial charge in [-0.1, -0.05) is 20.3 Å². The maximum atomic E-state index is 12.4. The summed E-state index contributed by atoms with van der Waals surface area (Å²) >= 11 is 0. The van der Waals surface area contributed by atoms with Crippen molar-refractivity contribution in [1.29, 1.82) is 0 Å². The number of rotatable bonds is 12. The van der Waals surface area contributed by atoms with Crippen LogP contribution >= 0.6 is 0 Å². The highest BCUT2D eigenvalue weighted by Gasteiger charge is 2.22. The number of carbonyl (C=O) groups excluding carboxylic acids is 1. The summed E-state index contributed by atoms with van der Waals surface area (Å²) < 4.78 is 31.1. The molecule has 1 atom stereocenters. The summed E-state index contributed by atoms with van der Waals surface area (Å²) in [4.78, 5) is 14.9. The number of anilines is 1. The zero-order valence-electron chi connectivity index (χ0n) is 18.6. The summed E-state index contributed by atoms with van der Waals surface area (Å²) in [6, 6.07) is 7.44. The third kappa shape index (κ3) is 7.80. The number of nitrogens with zero attached hydrogens (tertiary/aromatic N) is 2. The summed E-state index contributed by atoms with van der Waals surface area (Å²) in [5.41, 5.74) is 0.454. The molecule has 1 saturated heterocycles. The molecular weight excluding hydrogens is 402 g/mol. The van der Waals surface area contributed by atoms with Gasteiger partial charge in [-0.05, 0) is 62.9 Å². The standard InChI is InChI=1S/C22H37N3O4S/c1-4-17-29-21-12-10-20(11-13-21)25(30(3,27)28)18-22(26)23-14-8-16-24-15-7-6-9-19(24)5-2/h10-13,19H,4-9,14-18H2,1-3H3,(H,23,26). The van der Waals surface area contributed by atoms with Crippen molar-refractivity contribution in [3.05, 3.63) is 24.3 Å². The zero-order valence-corrected chi connectivity index (χ0v) is 19.4. The van der Waals surface area contributed by atoms with E-state index in [4.69, 9.17) is 4.74 Å². The van der Waals surface area contributed by atoms with E-state index < -0.39 is 10.0 Å². The minimum atomic E-state index is -3.58. The Morgan fingerprint density at radius 2 is 1.97 bits per heavy atom. The van der Waals surface area contributed by atoms with E-state index in [2.05, 4.69) is 17.1 Å². The number of likely N-dealkylation sites (tertiary alicyclic amines) is 1. The molecule has 0 saturated carbocycles. The first kappa shape index (κ1) is 24.5. The van der Waals surface area contributed by atoms with Gasteiger partial charge in [0.1, 0.15) is 12.3 Å². The number of nitrogens with one attached hydrogen (secondary N) is 1. The maximum Gasteiger partial charge on any atom is 0.240 e. The van der Waals surface area contributed by atoms with Gasteiger partial charge in [-0.25, -0.2) is 8.42 Å². The fourth-order valence-electron chi connectivity index (χ4n) is 3.84. The van der Waals surface area contributed by atoms with Crippen LogP contribution in [0.5, 0.6) is 5.75 Å². The van der Waals surface area contributed by atoms with Gasteiger partial charge >= 0.3 is 0 Å². The molecule has 1 heterocycles. The first-order valence-corrected chi connectivity index (χ1v) is 12.9. The van der Waals surface area contributed by atoms with Crippen LogP contribution in [0.2, 0.25) is 0 Å². The van der Waals surface area contributed by atoms with Crippen LogP contribution in [-0.4, -0.2) is 64.3 Å². The Bertz CT molecular complexity index is 752. The third-order valence-corrected chi connectivity index (χ3v) is 6.59. The number of benzene rings is 1. The first-order chi connectivity index (χ1) is 14.3. The molecule has 0 aliphatic carbocycles. The minimum Gasteiger partial charge on any atom is -0.494 e. The molecule has 30 heavy (non-hydrogen) atoms. The van der Waals surface area contributed by atoms with Gasteiger partial charge in [0.15, 0.2) is 0 Å². The van der Waals surface area contributed by atoms with Gasteiger partial charge in [-0.3, -0.25) is 9.10 Å². The Labute approximate surface area is 181 Å². The normalized spacial score (nSPS) is 17.5. The van der Waals surface area contributed by atoms with E-state index >= 15 is 0 Å². The number of ether oxygens (including phenoxy) is 1. The van der Waals surface area contributed by atoms with E-state index in [-0.39, 0.29) is 12.5 Å². The summed E-state index contributed by atoms with van der Waals surface area (Å²) in [6.07, 6.45) is 7.85. The van der Waals surface area contributed by atoms with Crippen LogP contribution in [0.15, 0.2) is 24.3 Å². The van der Waals surface area contributed by atoms with Crippen molar-refractivity contribution in [2.75, 3.05) is 43.3 Å². The molecule has 1 N–H and O–H groups in total. The molecule has 1 aliphatic heterocycles. The van der Waals surface area contributed by atoms with E-state index in [0.717, 1.165) is 42.9 Å². The van der Waals surface area contributed by atoms with Gasteiger partial charge in [0, 0.05) is 19.1 Å². The predicted octanol–water partition coefficient (Wildman–Crippen LogP) is 3.01. The van der Waals surface area contributed by atoms with Crippen molar-refractivity contribution in [2.24, 2.45) is 0 Å². The van der Waals surface area contributed by atoms with E-state index in [1.807, 2.05) is 6.92 Å². The second-order valence-corrected chi connectivity index (χ2v) is 9.82. The number of amides is 1. The van der Waals surface area contributed by atoms with E-state index in [1.165, 1.54) is 19.3 Å². The largest absolute Gasteiger partial charge is 0.494 e. The van der Waals surface area contributed by atoms with Crippen LogP contribution in [0, 0.1) is 0 Å². The Hall–Kier alpha value is -1.80. The molecule has 0 aromatic heterocycles.